The lowest BCUT2D eigenvalue weighted by atomic mass is 10.1. The Hall–Kier alpha value is -6.31. The minimum absolute atomic E-state index is 0.105. The van der Waals surface area contributed by atoms with E-state index in [0.717, 1.165) is 101 Å². The Morgan fingerprint density at radius 3 is 1.75 bits per heavy atom. The van der Waals surface area contributed by atoms with E-state index < -0.39 is 0 Å². The van der Waals surface area contributed by atoms with Gasteiger partial charge in [0.25, 0.3) is 0 Å². The van der Waals surface area contributed by atoms with Crippen LogP contribution in [0.4, 0.5) is 11.6 Å². The maximum absolute atomic E-state index is 8.81. The zero-order valence-electron chi connectivity index (χ0n) is 34.0. The highest BCUT2D eigenvalue weighted by Crippen LogP contribution is 2.30. The Morgan fingerprint density at radius 1 is 0.772 bits per heavy atom. The van der Waals surface area contributed by atoms with Gasteiger partial charge >= 0.3 is 0 Å². The zero-order chi connectivity index (χ0) is 41.0. The Labute approximate surface area is 336 Å². The number of rotatable bonds is 19. The van der Waals surface area contributed by atoms with Crippen molar-refractivity contribution in [3.63, 3.8) is 0 Å². The second-order valence-electron chi connectivity index (χ2n) is 13.1. The van der Waals surface area contributed by atoms with Crippen LogP contribution in [0.3, 0.4) is 0 Å². The minimum Gasteiger partial charge on any atom is -0.389 e. The molecule has 4 aromatic heterocycles. The van der Waals surface area contributed by atoms with Gasteiger partial charge in [-0.15, -0.1) is 6.58 Å². The van der Waals surface area contributed by atoms with Crippen LogP contribution in [-0.4, -0.2) is 100 Å². The number of anilines is 2. The first-order valence-corrected chi connectivity index (χ1v) is 19.3. The number of aromatic nitrogens is 6. The molecule has 0 saturated carbocycles. The average Bonchev–Trinajstić information content (AvgIpc) is 3.86. The highest BCUT2D eigenvalue weighted by molar-refractivity contribution is 5.92. The number of nitrogens with one attached hydrogen (secondary N) is 7. The number of carbonyl (C=O) groups is 1. The molecule has 0 amide bonds. The molecule has 0 saturated heterocycles. The van der Waals surface area contributed by atoms with Gasteiger partial charge in [-0.25, -0.2) is 19.9 Å². The second kappa shape index (κ2) is 22.9. The van der Waals surface area contributed by atoms with E-state index >= 15 is 0 Å². The average molecular weight is 771 g/mol. The number of allylic oxidation sites excluding steroid dienone is 1. The number of hydrogen-bond donors (Lipinski definition) is 7. The third-order valence-electron chi connectivity index (χ3n) is 8.80. The van der Waals surface area contributed by atoms with Crippen LogP contribution in [0.5, 0.6) is 0 Å². The van der Waals surface area contributed by atoms with Crippen LogP contribution in [0.25, 0.3) is 50.5 Å². The summed E-state index contributed by atoms with van der Waals surface area (Å²) in [6.45, 7) is 21.9. The van der Waals surface area contributed by atoms with Crippen molar-refractivity contribution in [2.24, 2.45) is 0 Å². The van der Waals surface area contributed by atoms with Gasteiger partial charge in [-0.3, -0.25) is 0 Å². The standard InChI is InChI=1S/C39H48N12.C3H6.C2H4O/c1-6-42-25-26(2)51(22-17-30-23-31-36(43-20-18-40-4)47-34(49-38(31)45-30)28-13-9-7-10-14-28)27(3)33-24-32-37(44-21-19-41-5)48-35(50-39(32)46-33)29-15-11-8-12-16-29;1-3-2;1-2-3/h6-16,23-24,26,40-42H,1,3,17-22,25H2,2,4-5H3,(H2,43,45,47,49)(H2,44,46,48,50);3H,1H2,2H3;2H,1H3. The fourth-order valence-electron chi connectivity index (χ4n) is 6.06. The van der Waals surface area contributed by atoms with Crippen molar-refractivity contribution in [1.82, 2.24) is 50.8 Å². The lowest BCUT2D eigenvalue weighted by Gasteiger charge is -2.32. The third-order valence-corrected chi connectivity index (χ3v) is 8.80. The van der Waals surface area contributed by atoms with Gasteiger partial charge in [0.2, 0.25) is 0 Å². The van der Waals surface area contributed by atoms with E-state index in [0.29, 0.717) is 24.7 Å². The van der Waals surface area contributed by atoms with E-state index in [9.17, 15) is 0 Å². The normalized spacial score (nSPS) is 11.0. The number of aromatic amines is 2. The van der Waals surface area contributed by atoms with Crippen molar-refractivity contribution < 1.29 is 4.79 Å². The van der Waals surface area contributed by atoms with Gasteiger partial charge in [0.15, 0.2) is 11.6 Å². The molecule has 2 aromatic carbocycles. The van der Waals surface area contributed by atoms with Gasteiger partial charge in [-0.2, -0.15) is 0 Å². The molecule has 13 nitrogen and oxygen atoms in total. The van der Waals surface area contributed by atoms with Crippen LogP contribution < -0.4 is 26.6 Å². The number of carbonyl (C=O) groups excluding carboxylic acids is 1. The lowest BCUT2D eigenvalue weighted by molar-refractivity contribution is -0.106. The first-order chi connectivity index (χ1) is 27.8. The predicted molar refractivity (Wildman–Crippen MR) is 238 cm³/mol. The predicted octanol–water partition coefficient (Wildman–Crippen LogP) is 6.86. The summed E-state index contributed by atoms with van der Waals surface area (Å²) in [6.07, 6.45) is 4.97. The fraction of sp³-hybridized carbons (Fsp3) is 0.295. The molecule has 6 rings (SSSR count). The van der Waals surface area contributed by atoms with Gasteiger partial charge in [0, 0.05) is 68.6 Å². The Kier molecular flexibility index (Phi) is 17.5. The Morgan fingerprint density at radius 2 is 1.26 bits per heavy atom. The quantitative estimate of drug-likeness (QED) is 0.0262. The van der Waals surface area contributed by atoms with Crippen molar-refractivity contribution in [3.05, 3.63) is 116 Å². The number of fused-ring (bicyclic) bond motifs is 2. The molecule has 0 aliphatic carbocycles. The topological polar surface area (TPSA) is 164 Å². The largest absolute Gasteiger partial charge is 0.389 e. The molecule has 4 heterocycles. The zero-order valence-corrected chi connectivity index (χ0v) is 34.0. The molecular formula is C44H58N12O. The maximum atomic E-state index is 8.81. The highest BCUT2D eigenvalue weighted by Gasteiger charge is 2.21. The van der Waals surface area contributed by atoms with Gasteiger partial charge in [0.1, 0.15) is 29.2 Å². The van der Waals surface area contributed by atoms with Crippen molar-refractivity contribution in [1.29, 1.82) is 0 Å². The Bertz CT molecular complexity index is 2150. The molecule has 0 bridgehead atoms. The van der Waals surface area contributed by atoms with E-state index in [1.54, 1.807) is 12.3 Å². The van der Waals surface area contributed by atoms with Gasteiger partial charge in [-0.1, -0.05) is 79.9 Å². The molecule has 300 valence electrons. The van der Waals surface area contributed by atoms with E-state index in [4.69, 9.17) is 24.7 Å². The Balaban J connectivity index is 0.00000113. The molecule has 7 N–H and O–H groups in total. The summed E-state index contributed by atoms with van der Waals surface area (Å²) in [5.74, 6) is 2.94. The molecule has 0 radical (unpaired) electrons. The number of aldehydes is 1. The number of benzene rings is 2. The number of nitrogens with zero attached hydrogens (tertiary/aromatic N) is 5. The summed E-state index contributed by atoms with van der Waals surface area (Å²) in [5, 5.41) is 18.6. The van der Waals surface area contributed by atoms with Gasteiger partial charge < -0.3 is 46.2 Å². The van der Waals surface area contributed by atoms with Crippen LogP contribution in [0.1, 0.15) is 32.2 Å². The second-order valence-corrected chi connectivity index (χ2v) is 13.1. The van der Waals surface area contributed by atoms with Crippen molar-refractivity contribution in [2.75, 3.05) is 64.0 Å². The summed E-state index contributed by atoms with van der Waals surface area (Å²) < 4.78 is 0. The van der Waals surface area contributed by atoms with Gasteiger partial charge in [-0.05, 0) is 53.2 Å². The third kappa shape index (κ3) is 12.1. The highest BCUT2D eigenvalue weighted by atomic mass is 16.1. The number of H-pyrrole nitrogens is 2. The summed E-state index contributed by atoms with van der Waals surface area (Å²) >= 11 is 0. The van der Waals surface area contributed by atoms with Crippen LogP contribution in [-0.2, 0) is 11.2 Å². The molecule has 0 spiro atoms. The summed E-state index contributed by atoms with van der Waals surface area (Å²) in [6, 6.07) is 24.5. The monoisotopic (exact) mass is 770 g/mol. The summed E-state index contributed by atoms with van der Waals surface area (Å²) in [4.78, 5) is 38.0. The molecular weight excluding hydrogens is 713 g/mol. The minimum atomic E-state index is 0.105. The van der Waals surface area contributed by atoms with Crippen LogP contribution in [0.2, 0.25) is 0 Å². The summed E-state index contributed by atoms with van der Waals surface area (Å²) in [7, 11) is 3.88. The molecule has 13 heteroatoms. The van der Waals surface area contributed by atoms with Crippen molar-refractivity contribution >= 4 is 45.7 Å². The molecule has 0 aliphatic rings. The van der Waals surface area contributed by atoms with E-state index in [1.807, 2.05) is 81.7 Å². The molecule has 6 aromatic rings. The van der Waals surface area contributed by atoms with Crippen LogP contribution >= 0.6 is 0 Å². The van der Waals surface area contributed by atoms with Crippen LogP contribution in [0, 0.1) is 0 Å². The molecule has 1 unspecified atom stereocenters. The first kappa shape index (κ1) is 43.4. The first-order valence-electron chi connectivity index (χ1n) is 19.3. The van der Waals surface area contributed by atoms with Gasteiger partial charge in [0.05, 0.1) is 22.2 Å². The number of likely N-dealkylation sites (N-methyl/N-ethyl adjacent to an activating group) is 2. The molecule has 0 aliphatic heterocycles. The molecule has 1 atom stereocenters. The van der Waals surface area contributed by atoms with E-state index in [-0.39, 0.29) is 6.04 Å². The molecule has 0 fully saturated rings. The summed E-state index contributed by atoms with van der Waals surface area (Å²) in [5.41, 5.74) is 6.30. The van der Waals surface area contributed by atoms with Crippen LogP contribution in [0.15, 0.2) is 105 Å². The number of hydrogen-bond acceptors (Lipinski definition) is 11. The molecule has 57 heavy (non-hydrogen) atoms. The smallest absolute Gasteiger partial charge is 0.163 e. The van der Waals surface area contributed by atoms with E-state index in [2.05, 4.69) is 80.2 Å². The SMILES string of the molecule is C=CC.C=CNCC(C)N(CCc1cc2c(NCCNC)nc(-c3ccccc3)nc2[nH]1)C(=C)c1cc2c(NCCNC)nc(-c3ccccc3)nc2[nH]1.CC=O. The van der Waals surface area contributed by atoms with Crippen molar-refractivity contribution in [2.45, 2.75) is 33.2 Å². The lowest BCUT2D eigenvalue weighted by Crippen LogP contribution is -2.39. The maximum Gasteiger partial charge on any atom is 0.163 e. The van der Waals surface area contributed by atoms with Crippen molar-refractivity contribution in [3.8, 4) is 22.8 Å². The fourth-order valence-corrected chi connectivity index (χ4v) is 6.06. The van der Waals surface area contributed by atoms with E-state index in [1.165, 1.54) is 6.92 Å².